The summed E-state index contributed by atoms with van der Waals surface area (Å²) in [6.07, 6.45) is 0. The average Bonchev–Trinajstić information content (AvgIpc) is 2.74. The zero-order valence-electron chi connectivity index (χ0n) is 13.8. The number of hydrogen-bond acceptors (Lipinski definition) is 1. The maximum atomic E-state index is 12.6. The summed E-state index contributed by atoms with van der Waals surface area (Å²) in [4.78, 5) is 12.6. The average molecular weight is 319 g/mol. The molecule has 1 amide bonds. The Balaban J connectivity index is 2.23. The Bertz CT molecular complexity index is 688. The van der Waals surface area contributed by atoms with E-state index in [9.17, 15) is 4.79 Å². The van der Waals surface area contributed by atoms with E-state index in [0.717, 1.165) is 22.5 Å². The van der Waals surface area contributed by atoms with Gasteiger partial charge in [-0.1, -0.05) is 29.8 Å². The topological polar surface area (TPSA) is 34.0 Å². The first kappa shape index (κ1) is 16.6. The fourth-order valence-corrected chi connectivity index (χ4v) is 3.28. The summed E-state index contributed by atoms with van der Waals surface area (Å²) < 4.78 is 2.18. The molecule has 2 aromatic rings. The molecule has 0 fully saturated rings. The summed E-state index contributed by atoms with van der Waals surface area (Å²) in [7, 11) is 0. The lowest BCUT2D eigenvalue weighted by molar-refractivity contribution is 0.0939. The number of aromatic nitrogens is 1. The molecule has 22 heavy (non-hydrogen) atoms. The monoisotopic (exact) mass is 318 g/mol. The van der Waals surface area contributed by atoms with Gasteiger partial charge >= 0.3 is 0 Å². The van der Waals surface area contributed by atoms with Crippen molar-refractivity contribution < 1.29 is 4.79 Å². The quantitative estimate of drug-likeness (QED) is 0.860. The minimum Gasteiger partial charge on any atom is -0.346 e. The molecule has 3 nitrogen and oxygen atoms in total. The van der Waals surface area contributed by atoms with Crippen LogP contribution in [0.2, 0.25) is 5.02 Å². The van der Waals surface area contributed by atoms with Crippen molar-refractivity contribution in [3.63, 3.8) is 0 Å². The number of carbonyl (C=O) groups excluding carboxylic acids is 1. The Labute approximate surface area is 137 Å². The van der Waals surface area contributed by atoms with Crippen LogP contribution in [0, 0.1) is 13.8 Å². The molecule has 0 aliphatic carbocycles. The molecule has 4 heteroatoms. The molecule has 0 aliphatic heterocycles. The van der Waals surface area contributed by atoms with Crippen LogP contribution in [0.1, 0.15) is 60.2 Å². The minimum atomic E-state index is -0.136. The second kappa shape index (κ2) is 6.57. The summed E-state index contributed by atoms with van der Waals surface area (Å²) >= 11 is 6.20. The molecule has 0 bridgehead atoms. The number of hydrogen-bond donors (Lipinski definition) is 1. The molecule has 1 aromatic carbocycles. The molecule has 1 heterocycles. The number of halogens is 1. The summed E-state index contributed by atoms with van der Waals surface area (Å²) in [6.45, 7) is 10.2. The highest BCUT2D eigenvalue weighted by molar-refractivity contribution is 6.31. The highest BCUT2D eigenvalue weighted by Crippen LogP contribution is 2.24. The standard InChI is InChI=1S/C18H23ClN2O/c1-11(2)21-12(3)10-16(14(21)5)18(22)20-13(4)15-8-6-7-9-17(15)19/h6-11,13H,1-5H3,(H,20,22). The summed E-state index contributed by atoms with van der Waals surface area (Å²) in [5.41, 5.74) is 3.75. The van der Waals surface area contributed by atoms with E-state index in [4.69, 9.17) is 11.6 Å². The Morgan fingerprint density at radius 1 is 1.18 bits per heavy atom. The van der Waals surface area contributed by atoms with E-state index >= 15 is 0 Å². The molecule has 0 saturated heterocycles. The van der Waals surface area contributed by atoms with Crippen LogP contribution in [0.15, 0.2) is 30.3 Å². The third-order valence-corrected chi connectivity index (χ3v) is 4.31. The third-order valence-electron chi connectivity index (χ3n) is 3.96. The van der Waals surface area contributed by atoms with Crippen molar-refractivity contribution in [2.45, 2.75) is 46.7 Å². The lowest BCUT2D eigenvalue weighted by atomic mass is 10.1. The SMILES string of the molecule is Cc1cc(C(=O)NC(C)c2ccccc2Cl)c(C)n1C(C)C. The van der Waals surface area contributed by atoms with E-state index in [1.54, 1.807) is 0 Å². The van der Waals surface area contributed by atoms with Gasteiger partial charge in [0.1, 0.15) is 0 Å². The van der Waals surface area contributed by atoms with Crippen molar-refractivity contribution >= 4 is 17.5 Å². The molecular formula is C18H23ClN2O. The number of aryl methyl sites for hydroxylation is 1. The summed E-state index contributed by atoms with van der Waals surface area (Å²) in [5, 5.41) is 3.71. The fraction of sp³-hybridized carbons (Fsp3) is 0.389. The second-order valence-electron chi connectivity index (χ2n) is 5.97. The van der Waals surface area contributed by atoms with E-state index in [2.05, 4.69) is 23.7 Å². The van der Waals surface area contributed by atoms with Crippen molar-refractivity contribution in [3.05, 3.63) is 57.9 Å². The lowest BCUT2D eigenvalue weighted by Gasteiger charge is -2.16. The van der Waals surface area contributed by atoms with Crippen molar-refractivity contribution in [1.29, 1.82) is 0 Å². The summed E-state index contributed by atoms with van der Waals surface area (Å²) in [6, 6.07) is 9.73. The van der Waals surface area contributed by atoms with E-state index in [1.165, 1.54) is 0 Å². The van der Waals surface area contributed by atoms with Gasteiger partial charge in [0.05, 0.1) is 11.6 Å². The van der Waals surface area contributed by atoms with Crippen LogP contribution in [-0.2, 0) is 0 Å². The molecule has 2 rings (SSSR count). The van der Waals surface area contributed by atoms with Crippen LogP contribution in [-0.4, -0.2) is 10.5 Å². The first-order valence-corrected chi connectivity index (χ1v) is 7.94. The van der Waals surface area contributed by atoms with Gasteiger partial charge in [-0.3, -0.25) is 4.79 Å². The molecule has 1 N–H and O–H groups in total. The first-order chi connectivity index (χ1) is 10.3. The lowest BCUT2D eigenvalue weighted by Crippen LogP contribution is -2.27. The second-order valence-corrected chi connectivity index (χ2v) is 6.37. The van der Waals surface area contributed by atoms with Crippen LogP contribution in [0.25, 0.3) is 0 Å². The van der Waals surface area contributed by atoms with Crippen molar-refractivity contribution in [1.82, 2.24) is 9.88 Å². The minimum absolute atomic E-state index is 0.0626. The first-order valence-electron chi connectivity index (χ1n) is 7.56. The van der Waals surface area contributed by atoms with E-state index in [1.807, 2.05) is 51.1 Å². The number of carbonyl (C=O) groups is 1. The highest BCUT2D eigenvalue weighted by atomic mass is 35.5. The molecule has 1 unspecified atom stereocenters. The zero-order valence-corrected chi connectivity index (χ0v) is 14.5. The molecule has 0 saturated carbocycles. The van der Waals surface area contributed by atoms with Crippen molar-refractivity contribution in [2.24, 2.45) is 0 Å². The Morgan fingerprint density at radius 2 is 1.82 bits per heavy atom. The fourth-order valence-electron chi connectivity index (χ4n) is 2.98. The Hall–Kier alpha value is -1.74. The van der Waals surface area contributed by atoms with E-state index in [0.29, 0.717) is 11.1 Å². The van der Waals surface area contributed by atoms with Gasteiger partial charge in [0, 0.05) is 22.5 Å². The van der Waals surface area contributed by atoms with Gasteiger partial charge < -0.3 is 9.88 Å². The van der Waals surface area contributed by atoms with Crippen LogP contribution in [0.3, 0.4) is 0 Å². The number of rotatable bonds is 4. The Kier molecular flexibility index (Phi) is 4.97. The van der Waals surface area contributed by atoms with Crippen LogP contribution in [0.4, 0.5) is 0 Å². The van der Waals surface area contributed by atoms with Crippen molar-refractivity contribution in [3.8, 4) is 0 Å². The molecule has 0 spiro atoms. The van der Waals surface area contributed by atoms with E-state index < -0.39 is 0 Å². The predicted molar refractivity (Wildman–Crippen MR) is 91.6 cm³/mol. The largest absolute Gasteiger partial charge is 0.346 e. The van der Waals surface area contributed by atoms with Gasteiger partial charge in [-0.05, 0) is 52.3 Å². The molecule has 1 atom stereocenters. The van der Waals surface area contributed by atoms with Gasteiger partial charge in [-0.25, -0.2) is 0 Å². The van der Waals surface area contributed by atoms with Crippen LogP contribution < -0.4 is 5.32 Å². The maximum Gasteiger partial charge on any atom is 0.253 e. The van der Waals surface area contributed by atoms with Gasteiger partial charge in [0.15, 0.2) is 0 Å². The van der Waals surface area contributed by atoms with Gasteiger partial charge in [0.25, 0.3) is 5.91 Å². The zero-order chi connectivity index (χ0) is 16.4. The van der Waals surface area contributed by atoms with Crippen LogP contribution >= 0.6 is 11.6 Å². The maximum absolute atomic E-state index is 12.6. The molecule has 118 valence electrons. The number of nitrogens with zero attached hydrogens (tertiary/aromatic N) is 1. The molecule has 0 aliphatic rings. The number of benzene rings is 1. The molecule has 1 aromatic heterocycles. The normalized spacial score (nSPS) is 12.5. The summed E-state index contributed by atoms with van der Waals surface area (Å²) in [5.74, 6) is -0.0626. The highest BCUT2D eigenvalue weighted by Gasteiger charge is 2.19. The molecule has 0 radical (unpaired) electrons. The van der Waals surface area contributed by atoms with Crippen LogP contribution in [0.5, 0.6) is 0 Å². The molecular weight excluding hydrogens is 296 g/mol. The van der Waals surface area contributed by atoms with Gasteiger partial charge in [-0.15, -0.1) is 0 Å². The van der Waals surface area contributed by atoms with Gasteiger partial charge in [0.2, 0.25) is 0 Å². The third kappa shape index (κ3) is 3.20. The van der Waals surface area contributed by atoms with E-state index in [-0.39, 0.29) is 11.9 Å². The Morgan fingerprint density at radius 3 is 2.36 bits per heavy atom. The smallest absolute Gasteiger partial charge is 0.253 e. The number of nitrogens with one attached hydrogen (secondary N) is 1. The predicted octanol–water partition coefficient (Wildman–Crippen LogP) is 4.83. The number of amides is 1. The van der Waals surface area contributed by atoms with Gasteiger partial charge in [-0.2, -0.15) is 0 Å². The van der Waals surface area contributed by atoms with Crippen molar-refractivity contribution in [2.75, 3.05) is 0 Å².